The number of amides is 2. The first-order chi connectivity index (χ1) is 8.13. The van der Waals surface area contributed by atoms with Crippen molar-refractivity contribution in [3.05, 3.63) is 23.9 Å². The largest absolute Gasteiger partial charge is 0.355 e. The fourth-order valence-corrected chi connectivity index (χ4v) is 2.06. The molecule has 6 heteroatoms. The van der Waals surface area contributed by atoms with Crippen molar-refractivity contribution in [2.75, 3.05) is 18.5 Å². The summed E-state index contributed by atoms with van der Waals surface area (Å²) in [7, 11) is 1.54. The first-order valence-electron chi connectivity index (χ1n) is 5.25. The first-order valence-corrected chi connectivity index (χ1v) is 5.68. The van der Waals surface area contributed by atoms with Crippen molar-refractivity contribution in [2.45, 2.75) is 11.8 Å². The summed E-state index contributed by atoms with van der Waals surface area (Å²) in [4.78, 5) is 28.9. The van der Waals surface area contributed by atoms with Crippen LogP contribution in [0, 0.1) is 0 Å². The minimum absolute atomic E-state index is 0.103. The minimum atomic E-state index is -0.265. The highest BCUT2D eigenvalue weighted by Crippen LogP contribution is 2.25. The van der Waals surface area contributed by atoms with Crippen LogP contribution in [0.25, 0.3) is 0 Å². The average molecular weight is 254 g/mol. The molecule has 0 saturated carbocycles. The number of halogens is 1. The number of nitrogens with zero attached hydrogens (tertiary/aromatic N) is 2. The number of nitrogens with one attached hydrogen (secondary N) is 1. The molecule has 1 aliphatic heterocycles. The molecule has 0 radical (unpaired) electrons. The molecule has 1 saturated heterocycles. The predicted octanol–water partition coefficient (Wildman–Crippen LogP) is 0.785. The van der Waals surface area contributed by atoms with Crippen LogP contribution in [0.15, 0.2) is 18.3 Å². The molecule has 2 amide bonds. The van der Waals surface area contributed by atoms with Gasteiger partial charge in [-0.15, -0.1) is 11.6 Å². The maximum absolute atomic E-state index is 11.7. The molecule has 1 fully saturated rings. The van der Waals surface area contributed by atoms with E-state index in [9.17, 15) is 9.59 Å². The van der Waals surface area contributed by atoms with Crippen LogP contribution in [0.2, 0.25) is 0 Å². The lowest BCUT2D eigenvalue weighted by molar-refractivity contribution is -0.117. The SMILES string of the molecule is CNC(=O)c1cccnc1N1CC(Cl)CC1=O. The average Bonchev–Trinajstić information content (AvgIpc) is 2.67. The van der Waals surface area contributed by atoms with Gasteiger partial charge in [-0.25, -0.2) is 4.98 Å². The van der Waals surface area contributed by atoms with Gasteiger partial charge in [0.2, 0.25) is 5.91 Å². The molecule has 1 aliphatic rings. The van der Waals surface area contributed by atoms with E-state index in [-0.39, 0.29) is 23.6 Å². The molecule has 1 unspecified atom stereocenters. The predicted molar refractivity (Wildman–Crippen MR) is 64.2 cm³/mol. The van der Waals surface area contributed by atoms with E-state index < -0.39 is 0 Å². The maximum atomic E-state index is 11.7. The van der Waals surface area contributed by atoms with Gasteiger partial charge in [0.25, 0.3) is 5.91 Å². The van der Waals surface area contributed by atoms with Crippen LogP contribution in [-0.4, -0.2) is 35.8 Å². The van der Waals surface area contributed by atoms with E-state index in [2.05, 4.69) is 10.3 Å². The van der Waals surface area contributed by atoms with Crippen molar-refractivity contribution in [1.29, 1.82) is 0 Å². The summed E-state index contributed by atoms with van der Waals surface area (Å²) < 4.78 is 0. The van der Waals surface area contributed by atoms with Gasteiger partial charge < -0.3 is 5.32 Å². The van der Waals surface area contributed by atoms with Gasteiger partial charge in [-0.2, -0.15) is 0 Å². The monoisotopic (exact) mass is 253 g/mol. The van der Waals surface area contributed by atoms with Crippen LogP contribution in [0.1, 0.15) is 16.8 Å². The Bertz CT molecular complexity index is 464. The fourth-order valence-electron chi connectivity index (χ4n) is 1.79. The number of rotatable bonds is 2. The molecule has 0 bridgehead atoms. The second kappa shape index (κ2) is 4.71. The second-order valence-electron chi connectivity index (χ2n) is 3.76. The topological polar surface area (TPSA) is 62.3 Å². The molecule has 1 N–H and O–H groups in total. The summed E-state index contributed by atoms with van der Waals surface area (Å²) in [6.45, 7) is 0.390. The number of carbonyl (C=O) groups is 2. The third kappa shape index (κ3) is 2.24. The number of anilines is 1. The minimum Gasteiger partial charge on any atom is -0.355 e. The summed E-state index contributed by atoms with van der Waals surface area (Å²) in [5, 5.41) is 2.30. The van der Waals surface area contributed by atoms with Crippen molar-refractivity contribution >= 4 is 29.2 Å². The fraction of sp³-hybridized carbons (Fsp3) is 0.364. The highest BCUT2D eigenvalue weighted by molar-refractivity contribution is 6.24. The lowest BCUT2D eigenvalue weighted by atomic mass is 10.2. The molecule has 1 aromatic rings. The molecule has 90 valence electrons. The van der Waals surface area contributed by atoms with Crippen LogP contribution in [-0.2, 0) is 4.79 Å². The van der Waals surface area contributed by atoms with Gasteiger partial charge in [0, 0.05) is 26.2 Å². The van der Waals surface area contributed by atoms with Crippen LogP contribution >= 0.6 is 11.6 Å². The molecule has 1 atom stereocenters. The van der Waals surface area contributed by atoms with E-state index in [1.54, 1.807) is 18.3 Å². The Morgan fingerprint density at radius 2 is 2.41 bits per heavy atom. The van der Waals surface area contributed by atoms with Crippen LogP contribution in [0.4, 0.5) is 5.82 Å². The quantitative estimate of drug-likeness (QED) is 0.793. The molecular formula is C11H12ClN3O2. The van der Waals surface area contributed by atoms with Gasteiger partial charge in [0.15, 0.2) is 0 Å². The van der Waals surface area contributed by atoms with Gasteiger partial charge in [-0.1, -0.05) is 0 Å². The summed E-state index contributed by atoms with van der Waals surface area (Å²) >= 11 is 5.93. The van der Waals surface area contributed by atoms with E-state index >= 15 is 0 Å². The Labute approximate surface area is 104 Å². The van der Waals surface area contributed by atoms with E-state index in [1.165, 1.54) is 11.9 Å². The Morgan fingerprint density at radius 1 is 1.65 bits per heavy atom. The highest BCUT2D eigenvalue weighted by atomic mass is 35.5. The number of hydrogen-bond acceptors (Lipinski definition) is 3. The zero-order valence-corrected chi connectivity index (χ0v) is 10.1. The van der Waals surface area contributed by atoms with Gasteiger partial charge >= 0.3 is 0 Å². The summed E-state index contributed by atoms with van der Waals surface area (Å²) in [5.74, 6) is 0.00720. The van der Waals surface area contributed by atoms with Gasteiger partial charge in [0.05, 0.1) is 10.9 Å². The van der Waals surface area contributed by atoms with E-state index in [1.807, 2.05) is 0 Å². The third-order valence-electron chi connectivity index (χ3n) is 2.59. The number of carbonyl (C=O) groups excluding carboxylic acids is 2. The molecule has 2 rings (SSSR count). The van der Waals surface area contributed by atoms with Crippen molar-refractivity contribution in [1.82, 2.24) is 10.3 Å². The van der Waals surface area contributed by atoms with Crippen molar-refractivity contribution < 1.29 is 9.59 Å². The zero-order chi connectivity index (χ0) is 12.4. The standard InChI is InChI=1S/C11H12ClN3O2/c1-13-11(17)8-3-2-4-14-10(8)15-6-7(12)5-9(15)16/h2-4,7H,5-6H2,1H3,(H,13,17). The summed E-state index contributed by atoms with van der Waals surface area (Å²) in [6.07, 6.45) is 1.84. The molecule has 5 nitrogen and oxygen atoms in total. The third-order valence-corrected chi connectivity index (χ3v) is 2.88. The molecule has 0 aliphatic carbocycles. The molecule has 0 aromatic carbocycles. The lowest BCUT2D eigenvalue weighted by Gasteiger charge is -2.17. The molecule has 2 heterocycles. The van der Waals surface area contributed by atoms with Crippen molar-refractivity contribution in [3.8, 4) is 0 Å². The van der Waals surface area contributed by atoms with Gasteiger partial charge in [-0.3, -0.25) is 14.5 Å². The zero-order valence-electron chi connectivity index (χ0n) is 9.31. The maximum Gasteiger partial charge on any atom is 0.254 e. The van der Waals surface area contributed by atoms with E-state index in [0.717, 1.165) is 0 Å². The van der Waals surface area contributed by atoms with Crippen LogP contribution in [0.5, 0.6) is 0 Å². The summed E-state index contributed by atoms with van der Waals surface area (Å²) in [5.41, 5.74) is 0.383. The van der Waals surface area contributed by atoms with E-state index in [4.69, 9.17) is 11.6 Å². The molecule has 1 aromatic heterocycles. The second-order valence-corrected chi connectivity index (χ2v) is 4.38. The Morgan fingerprint density at radius 3 is 3.00 bits per heavy atom. The summed E-state index contributed by atoms with van der Waals surface area (Å²) in [6, 6.07) is 3.29. The van der Waals surface area contributed by atoms with Gasteiger partial charge in [0.1, 0.15) is 5.82 Å². The number of alkyl halides is 1. The number of hydrogen-bond donors (Lipinski definition) is 1. The van der Waals surface area contributed by atoms with Gasteiger partial charge in [-0.05, 0) is 12.1 Å². The molecule has 0 spiro atoms. The van der Waals surface area contributed by atoms with Crippen molar-refractivity contribution in [2.24, 2.45) is 0 Å². The Hall–Kier alpha value is -1.62. The van der Waals surface area contributed by atoms with Crippen LogP contribution < -0.4 is 10.2 Å². The van der Waals surface area contributed by atoms with E-state index in [0.29, 0.717) is 17.9 Å². The Kier molecular flexibility index (Phi) is 3.28. The van der Waals surface area contributed by atoms with Crippen LogP contribution in [0.3, 0.4) is 0 Å². The van der Waals surface area contributed by atoms with Crippen molar-refractivity contribution in [3.63, 3.8) is 0 Å². The normalized spacial score (nSPS) is 19.5. The number of pyridine rings is 1. The smallest absolute Gasteiger partial charge is 0.254 e. The lowest BCUT2D eigenvalue weighted by Crippen LogP contribution is -2.29. The molecule has 17 heavy (non-hydrogen) atoms. The Balaban J connectivity index is 2.38. The number of aromatic nitrogens is 1. The first kappa shape index (κ1) is 11.9. The highest BCUT2D eigenvalue weighted by Gasteiger charge is 2.32. The molecular weight excluding hydrogens is 242 g/mol.